The molecule has 0 radical (unpaired) electrons. The summed E-state index contributed by atoms with van der Waals surface area (Å²) in [6.07, 6.45) is 1.11. The van der Waals surface area contributed by atoms with E-state index in [1.54, 1.807) is 12.1 Å². The van der Waals surface area contributed by atoms with Gasteiger partial charge >= 0.3 is 0 Å². The largest absolute Gasteiger partial charge is 0.366 e. The normalized spacial score (nSPS) is 12.5. The predicted octanol–water partition coefficient (Wildman–Crippen LogP) is 2.30. The molecule has 0 aliphatic rings. The SMILES string of the molecule is CCC(C)c1ccc(C(N)=O)cc1. The van der Waals surface area contributed by atoms with Gasteiger partial charge in [0.25, 0.3) is 0 Å². The van der Waals surface area contributed by atoms with Gasteiger partial charge in [-0.2, -0.15) is 0 Å². The van der Waals surface area contributed by atoms with E-state index in [0.29, 0.717) is 11.5 Å². The van der Waals surface area contributed by atoms with Crippen LogP contribution in [0.25, 0.3) is 0 Å². The lowest BCUT2D eigenvalue weighted by molar-refractivity contribution is 0.100. The minimum absolute atomic E-state index is 0.365. The molecule has 0 saturated heterocycles. The highest BCUT2D eigenvalue weighted by atomic mass is 16.1. The van der Waals surface area contributed by atoms with Crippen molar-refractivity contribution in [2.75, 3.05) is 0 Å². The Morgan fingerprint density at radius 2 is 1.92 bits per heavy atom. The first kappa shape index (κ1) is 9.78. The smallest absolute Gasteiger partial charge is 0.248 e. The lowest BCUT2D eigenvalue weighted by Gasteiger charge is -2.08. The van der Waals surface area contributed by atoms with Gasteiger partial charge in [-0.3, -0.25) is 4.79 Å². The van der Waals surface area contributed by atoms with Gasteiger partial charge in [-0.15, -0.1) is 0 Å². The Bertz CT molecular complexity index is 289. The van der Waals surface area contributed by atoms with Crippen LogP contribution in [0.4, 0.5) is 0 Å². The minimum Gasteiger partial charge on any atom is -0.366 e. The van der Waals surface area contributed by atoms with Crippen molar-refractivity contribution in [3.63, 3.8) is 0 Å². The Morgan fingerprint density at radius 3 is 2.31 bits per heavy atom. The highest BCUT2D eigenvalue weighted by molar-refractivity contribution is 5.92. The molecule has 1 amide bonds. The first-order chi connectivity index (χ1) is 6.15. The van der Waals surface area contributed by atoms with Crippen LogP contribution >= 0.6 is 0 Å². The number of benzene rings is 1. The Labute approximate surface area is 78.8 Å². The Morgan fingerprint density at radius 1 is 1.38 bits per heavy atom. The molecule has 13 heavy (non-hydrogen) atoms. The zero-order chi connectivity index (χ0) is 9.84. The van der Waals surface area contributed by atoms with Crippen LogP contribution < -0.4 is 5.73 Å². The molecule has 0 aromatic heterocycles. The van der Waals surface area contributed by atoms with Gasteiger partial charge in [0, 0.05) is 5.56 Å². The van der Waals surface area contributed by atoms with Crippen molar-refractivity contribution in [2.45, 2.75) is 26.2 Å². The third kappa shape index (κ3) is 2.31. The van der Waals surface area contributed by atoms with Crippen molar-refractivity contribution in [1.82, 2.24) is 0 Å². The summed E-state index contributed by atoms with van der Waals surface area (Å²) in [7, 11) is 0. The van der Waals surface area contributed by atoms with Crippen LogP contribution in [0.3, 0.4) is 0 Å². The lowest BCUT2D eigenvalue weighted by atomic mass is 9.98. The topological polar surface area (TPSA) is 43.1 Å². The molecule has 2 heteroatoms. The fourth-order valence-electron chi connectivity index (χ4n) is 1.21. The molecule has 1 rings (SSSR count). The van der Waals surface area contributed by atoms with Crippen molar-refractivity contribution in [3.8, 4) is 0 Å². The number of carbonyl (C=O) groups excluding carboxylic acids is 1. The molecule has 0 aliphatic carbocycles. The van der Waals surface area contributed by atoms with Crippen LogP contribution in [0, 0.1) is 0 Å². The highest BCUT2D eigenvalue weighted by Gasteiger charge is 2.03. The molecule has 0 aliphatic heterocycles. The van der Waals surface area contributed by atoms with Crippen LogP contribution in [0.5, 0.6) is 0 Å². The second-order valence-corrected chi connectivity index (χ2v) is 3.30. The monoisotopic (exact) mass is 177 g/mol. The quantitative estimate of drug-likeness (QED) is 0.756. The van der Waals surface area contributed by atoms with Gasteiger partial charge in [0.15, 0.2) is 0 Å². The Hall–Kier alpha value is -1.31. The first-order valence-electron chi connectivity index (χ1n) is 4.55. The minimum atomic E-state index is -0.365. The second kappa shape index (κ2) is 4.08. The van der Waals surface area contributed by atoms with Crippen molar-refractivity contribution >= 4 is 5.91 Å². The van der Waals surface area contributed by atoms with Crippen LogP contribution in [0.1, 0.15) is 42.1 Å². The molecule has 1 atom stereocenters. The van der Waals surface area contributed by atoms with Gasteiger partial charge in [0.1, 0.15) is 0 Å². The summed E-state index contributed by atoms with van der Waals surface area (Å²) < 4.78 is 0. The van der Waals surface area contributed by atoms with Crippen molar-refractivity contribution in [1.29, 1.82) is 0 Å². The van der Waals surface area contributed by atoms with Gasteiger partial charge in [0.05, 0.1) is 0 Å². The van der Waals surface area contributed by atoms with E-state index in [9.17, 15) is 4.79 Å². The van der Waals surface area contributed by atoms with Gasteiger partial charge in [-0.25, -0.2) is 0 Å². The fourth-order valence-corrected chi connectivity index (χ4v) is 1.21. The standard InChI is InChI=1S/C11H15NO/c1-3-8(2)9-4-6-10(7-5-9)11(12)13/h4-8H,3H2,1-2H3,(H2,12,13). The fraction of sp³-hybridized carbons (Fsp3) is 0.364. The number of hydrogen-bond donors (Lipinski definition) is 1. The number of hydrogen-bond acceptors (Lipinski definition) is 1. The molecule has 2 nitrogen and oxygen atoms in total. The van der Waals surface area contributed by atoms with Crippen LogP contribution in [-0.2, 0) is 0 Å². The number of amides is 1. The number of carbonyl (C=O) groups is 1. The third-order valence-electron chi connectivity index (χ3n) is 2.38. The summed E-state index contributed by atoms with van der Waals surface area (Å²) in [5.74, 6) is 0.178. The summed E-state index contributed by atoms with van der Waals surface area (Å²) in [4.78, 5) is 10.8. The van der Waals surface area contributed by atoms with Crippen molar-refractivity contribution in [2.24, 2.45) is 5.73 Å². The number of primary amides is 1. The molecule has 2 N–H and O–H groups in total. The Kier molecular flexibility index (Phi) is 3.07. The van der Waals surface area contributed by atoms with E-state index in [2.05, 4.69) is 13.8 Å². The molecular weight excluding hydrogens is 162 g/mol. The zero-order valence-electron chi connectivity index (χ0n) is 8.08. The summed E-state index contributed by atoms with van der Waals surface area (Å²) in [6, 6.07) is 7.50. The van der Waals surface area contributed by atoms with E-state index in [-0.39, 0.29) is 5.91 Å². The second-order valence-electron chi connectivity index (χ2n) is 3.30. The van der Waals surface area contributed by atoms with E-state index in [4.69, 9.17) is 5.73 Å². The lowest BCUT2D eigenvalue weighted by Crippen LogP contribution is -2.10. The maximum atomic E-state index is 10.8. The van der Waals surface area contributed by atoms with Gasteiger partial charge < -0.3 is 5.73 Å². The number of rotatable bonds is 3. The summed E-state index contributed by atoms with van der Waals surface area (Å²) >= 11 is 0. The molecule has 0 spiro atoms. The molecule has 70 valence electrons. The average molecular weight is 177 g/mol. The van der Waals surface area contributed by atoms with E-state index in [1.165, 1.54) is 5.56 Å². The van der Waals surface area contributed by atoms with Crippen molar-refractivity contribution in [3.05, 3.63) is 35.4 Å². The molecule has 0 fully saturated rings. The third-order valence-corrected chi connectivity index (χ3v) is 2.38. The van der Waals surface area contributed by atoms with Crippen LogP contribution in [0.2, 0.25) is 0 Å². The van der Waals surface area contributed by atoms with Crippen LogP contribution in [-0.4, -0.2) is 5.91 Å². The van der Waals surface area contributed by atoms with Crippen molar-refractivity contribution < 1.29 is 4.79 Å². The molecule has 1 aromatic carbocycles. The molecule has 1 aromatic rings. The van der Waals surface area contributed by atoms with E-state index in [0.717, 1.165) is 6.42 Å². The molecule has 0 bridgehead atoms. The van der Waals surface area contributed by atoms with Gasteiger partial charge in [-0.1, -0.05) is 26.0 Å². The molecular formula is C11H15NO. The number of nitrogens with two attached hydrogens (primary N) is 1. The predicted molar refractivity (Wildman–Crippen MR) is 53.7 cm³/mol. The molecule has 0 saturated carbocycles. The highest BCUT2D eigenvalue weighted by Crippen LogP contribution is 2.18. The molecule has 1 unspecified atom stereocenters. The maximum absolute atomic E-state index is 10.8. The maximum Gasteiger partial charge on any atom is 0.248 e. The van der Waals surface area contributed by atoms with Crippen LogP contribution in [0.15, 0.2) is 24.3 Å². The van der Waals surface area contributed by atoms with E-state index < -0.39 is 0 Å². The zero-order valence-corrected chi connectivity index (χ0v) is 8.08. The average Bonchev–Trinajstić information content (AvgIpc) is 2.17. The van der Waals surface area contributed by atoms with E-state index >= 15 is 0 Å². The molecule has 0 heterocycles. The van der Waals surface area contributed by atoms with Gasteiger partial charge in [-0.05, 0) is 30.0 Å². The summed E-state index contributed by atoms with van der Waals surface area (Å²) in [6.45, 7) is 4.31. The first-order valence-corrected chi connectivity index (χ1v) is 4.55. The Balaban J connectivity index is 2.87. The summed E-state index contributed by atoms with van der Waals surface area (Å²) in [5, 5.41) is 0. The van der Waals surface area contributed by atoms with E-state index in [1.807, 2.05) is 12.1 Å². The van der Waals surface area contributed by atoms with Gasteiger partial charge in [0.2, 0.25) is 5.91 Å². The summed E-state index contributed by atoms with van der Waals surface area (Å²) in [5.41, 5.74) is 6.97.